The van der Waals surface area contributed by atoms with Crippen molar-refractivity contribution in [2.45, 2.75) is 16.2 Å². The Morgan fingerprint density at radius 2 is 1.07 bits per heavy atom. The minimum atomic E-state index is -3.25. The van der Waals surface area contributed by atoms with E-state index >= 15 is 0 Å². The van der Waals surface area contributed by atoms with E-state index in [2.05, 4.69) is 0 Å². The van der Waals surface area contributed by atoms with Gasteiger partial charge in [-0.1, -0.05) is 0 Å². The van der Waals surface area contributed by atoms with Crippen molar-refractivity contribution in [3.05, 3.63) is 0 Å². The van der Waals surface area contributed by atoms with Crippen LogP contribution in [0.1, 0.15) is 0 Å². The van der Waals surface area contributed by atoms with Crippen LogP contribution in [0.15, 0.2) is 0 Å². The van der Waals surface area contributed by atoms with E-state index in [1.165, 1.54) is 0 Å². The predicted molar refractivity (Wildman–Crippen MR) is 39.1 cm³/mol. The van der Waals surface area contributed by atoms with Crippen LogP contribution in [0.3, 0.4) is 0 Å². The Hall–Kier alpha value is -1.39. The average Bonchev–Trinajstić information content (AvgIpc) is 1.76. The van der Waals surface area contributed by atoms with Gasteiger partial charge >= 0.3 is 80.1 Å². The fraction of sp³-hybridized carbons (Fsp3) is 0.500. The zero-order valence-corrected chi connectivity index (χ0v) is 7.94. The first-order chi connectivity index (χ1) is 6.25. The molecule has 0 unspecified atom stereocenters. The topological polar surface area (TPSA) is 136 Å². The van der Waals surface area contributed by atoms with E-state index in [1.54, 1.807) is 0 Å². The Bertz CT molecular complexity index is 311. The number of hydrogen-bond donors (Lipinski definition) is 3. The maximum atomic E-state index is 10.3. The number of carboxylic acids is 3. The number of nitrogens with zero attached hydrogens (tertiary/aromatic N) is 1. The van der Waals surface area contributed by atoms with Gasteiger partial charge < -0.3 is 0 Å². The average molecular weight is 250 g/mol. The Morgan fingerprint density at radius 3 is 1.21 bits per heavy atom. The molecular weight excluding hydrogens is 241 g/mol. The molecule has 0 aromatic rings. The van der Waals surface area contributed by atoms with Gasteiger partial charge in [0, 0.05) is 0 Å². The second-order valence-corrected chi connectivity index (χ2v) is 5.76. The Morgan fingerprint density at radius 1 is 0.857 bits per heavy atom. The van der Waals surface area contributed by atoms with Gasteiger partial charge in [-0.3, -0.25) is 0 Å². The molecule has 0 saturated heterocycles. The van der Waals surface area contributed by atoms with E-state index in [4.69, 9.17) is 15.3 Å². The number of carboxylic acid groups (broad SMARTS) is 3. The van der Waals surface area contributed by atoms with Crippen LogP contribution in [-0.4, -0.2) is 33.2 Å². The quantitative estimate of drug-likeness (QED) is 0.605. The van der Waals surface area contributed by atoms with Crippen molar-refractivity contribution in [1.82, 2.24) is 0 Å². The summed E-state index contributed by atoms with van der Waals surface area (Å²) in [5.41, 5.74) is 0. The van der Waals surface area contributed by atoms with Crippen LogP contribution in [0, 0.1) is 4.27 Å². The zero-order chi connectivity index (χ0) is 11.4. The van der Waals surface area contributed by atoms with Crippen LogP contribution >= 0.6 is 0 Å². The molecule has 0 aliphatic heterocycles. The molecule has 0 aromatic heterocycles. The van der Waals surface area contributed by atoms with Crippen LogP contribution in [0.4, 0.5) is 0 Å². The molecule has 84 valence electrons. The molecule has 0 fully saturated rings. The van der Waals surface area contributed by atoms with Crippen molar-refractivity contribution < 1.29 is 41.7 Å². The van der Waals surface area contributed by atoms with E-state index in [-0.39, 0.29) is 0 Å². The number of hydrogen-bond acceptors (Lipinski definition) is 4. The summed E-state index contributed by atoms with van der Waals surface area (Å²) in [7, 11) is 0. The molecule has 0 aliphatic rings. The summed E-state index contributed by atoms with van der Waals surface area (Å²) < 4.78 is 9.47. The van der Waals surface area contributed by atoms with Gasteiger partial charge in [-0.15, -0.1) is 0 Å². The fourth-order valence-corrected chi connectivity index (χ4v) is 2.69. The van der Waals surface area contributed by atoms with Gasteiger partial charge in [-0.25, -0.2) is 0 Å². The van der Waals surface area contributed by atoms with Gasteiger partial charge in [-0.05, 0) is 0 Å². The van der Waals surface area contributed by atoms with Crippen molar-refractivity contribution in [2.75, 3.05) is 0 Å². The first-order valence-corrected chi connectivity index (χ1v) is 5.69. The van der Waals surface area contributed by atoms with Gasteiger partial charge in [0.2, 0.25) is 0 Å². The molecule has 0 spiro atoms. The SMILES string of the molecule is [N]#[Ni]([CH2]C(=O)O)([CH2]C(=O)O)[CH2]C(=O)O. The van der Waals surface area contributed by atoms with E-state index in [9.17, 15) is 18.7 Å². The third kappa shape index (κ3) is 5.29. The molecule has 0 amide bonds. The summed E-state index contributed by atoms with van der Waals surface area (Å²) in [6, 6.07) is 0. The monoisotopic (exact) mass is 249 g/mol. The van der Waals surface area contributed by atoms with Crippen LogP contribution in [-0.2, 0) is 26.4 Å². The molecule has 0 heterocycles. The predicted octanol–water partition coefficient (Wildman–Crippen LogP) is 0.128. The van der Waals surface area contributed by atoms with E-state index in [0.29, 0.717) is 0 Å². The summed E-state index contributed by atoms with van der Waals surface area (Å²) in [5, 5.41) is 22.6. The summed E-state index contributed by atoms with van der Waals surface area (Å²) in [5.74, 6) is -4.22. The van der Waals surface area contributed by atoms with Gasteiger partial charge in [0.15, 0.2) is 0 Å². The summed E-state index contributed by atoms with van der Waals surface area (Å²) in [6.45, 7) is 0. The molecule has 0 aliphatic carbocycles. The van der Waals surface area contributed by atoms with Gasteiger partial charge in [0.05, 0.1) is 0 Å². The third-order valence-corrected chi connectivity index (χ3v) is 3.76. The van der Waals surface area contributed by atoms with E-state index < -0.39 is 46.1 Å². The second-order valence-electron chi connectivity index (χ2n) is 2.29. The van der Waals surface area contributed by atoms with Crippen LogP contribution in [0.2, 0.25) is 16.2 Å². The third-order valence-electron chi connectivity index (χ3n) is 0.911. The van der Waals surface area contributed by atoms with Crippen molar-refractivity contribution in [1.29, 1.82) is 4.27 Å². The minimum absolute atomic E-state index is 0.817. The van der Waals surface area contributed by atoms with Crippen LogP contribution < -0.4 is 0 Å². The Balaban J connectivity index is 4.69. The molecule has 0 rings (SSSR count). The van der Waals surface area contributed by atoms with E-state index in [1.807, 2.05) is 0 Å². The fourth-order valence-electron chi connectivity index (χ4n) is 0.653. The first-order valence-electron chi connectivity index (χ1n) is 3.16. The molecular formula is C6H9NNiO6. The standard InChI is InChI=1S/3C2H3O2.N.Ni/c3*1-2(3)4;;/h3*1H2,(H,3,4);;. The molecule has 0 aromatic carbocycles. The maximum absolute atomic E-state index is 10.3. The van der Waals surface area contributed by atoms with Crippen LogP contribution in [0.25, 0.3) is 0 Å². The Kier molecular flexibility index (Phi) is 4.27. The summed E-state index contributed by atoms with van der Waals surface area (Å²) >= 11 is -3.25. The molecule has 8 heteroatoms. The molecule has 0 radical (unpaired) electrons. The number of carbonyl (C=O) groups is 3. The van der Waals surface area contributed by atoms with Gasteiger partial charge in [0.1, 0.15) is 0 Å². The number of rotatable bonds is 3. The van der Waals surface area contributed by atoms with Crippen molar-refractivity contribution in [3.8, 4) is 0 Å². The molecule has 3 N–H and O–H groups in total. The summed E-state index contributed by atoms with van der Waals surface area (Å²) in [4.78, 5) is 30.8. The van der Waals surface area contributed by atoms with Crippen molar-refractivity contribution in [2.24, 2.45) is 0 Å². The molecule has 14 heavy (non-hydrogen) atoms. The van der Waals surface area contributed by atoms with Crippen molar-refractivity contribution >= 4 is 17.9 Å². The normalized spacial score (nSPS) is 11.9. The molecule has 0 bridgehead atoms. The van der Waals surface area contributed by atoms with Crippen LogP contribution in [0.5, 0.6) is 0 Å². The zero-order valence-electron chi connectivity index (χ0n) is 6.95. The first kappa shape index (κ1) is 12.6. The van der Waals surface area contributed by atoms with Gasteiger partial charge in [-0.2, -0.15) is 0 Å². The molecule has 0 saturated carbocycles. The molecule has 7 nitrogen and oxygen atoms in total. The second kappa shape index (κ2) is 4.74. The van der Waals surface area contributed by atoms with Gasteiger partial charge in [0.25, 0.3) is 0 Å². The molecule has 0 atom stereocenters. The van der Waals surface area contributed by atoms with Crippen molar-refractivity contribution in [3.63, 3.8) is 0 Å². The Labute approximate surface area is 80.7 Å². The van der Waals surface area contributed by atoms with E-state index in [0.717, 1.165) is 0 Å². The summed E-state index contributed by atoms with van der Waals surface area (Å²) in [6.07, 6.45) is 0. The number of aliphatic carboxylic acids is 3.